The molecule has 0 aliphatic carbocycles. The molecule has 24 heavy (non-hydrogen) atoms. The van der Waals surface area contributed by atoms with E-state index in [4.69, 9.17) is 0 Å². The van der Waals surface area contributed by atoms with E-state index in [2.05, 4.69) is 41.7 Å². The van der Waals surface area contributed by atoms with Crippen molar-refractivity contribution in [2.45, 2.75) is 6.54 Å². The lowest BCUT2D eigenvalue weighted by atomic mass is 10.2. The smallest absolute Gasteiger partial charge is 0.272 e. The molecule has 7 heteroatoms. The van der Waals surface area contributed by atoms with E-state index >= 15 is 0 Å². The quantitative estimate of drug-likeness (QED) is 0.706. The molecule has 6 nitrogen and oxygen atoms in total. The van der Waals surface area contributed by atoms with Gasteiger partial charge in [-0.15, -0.1) is 10.2 Å². The molecule has 2 N–H and O–H groups in total. The third-order valence-corrected chi connectivity index (χ3v) is 3.74. The van der Waals surface area contributed by atoms with Crippen molar-refractivity contribution in [3.63, 3.8) is 0 Å². The van der Waals surface area contributed by atoms with Crippen molar-refractivity contribution in [2.24, 2.45) is 0 Å². The summed E-state index contributed by atoms with van der Waals surface area (Å²) in [5.41, 5.74) is 2.13. The third kappa shape index (κ3) is 4.36. The van der Waals surface area contributed by atoms with Crippen LogP contribution in [0.25, 0.3) is 0 Å². The maximum atomic E-state index is 12.1. The molecule has 0 saturated carbocycles. The van der Waals surface area contributed by atoms with Crippen molar-refractivity contribution in [1.82, 2.24) is 20.5 Å². The molecular formula is C17H14BrN5O. The Morgan fingerprint density at radius 3 is 2.38 bits per heavy atom. The number of halogens is 1. The largest absolute Gasteiger partial charge is 0.347 e. The molecule has 2 aromatic heterocycles. The first-order valence-corrected chi connectivity index (χ1v) is 8.03. The number of hydrogen-bond acceptors (Lipinski definition) is 5. The van der Waals surface area contributed by atoms with Crippen molar-refractivity contribution in [1.29, 1.82) is 0 Å². The van der Waals surface area contributed by atoms with Crippen molar-refractivity contribution < 1.29 is 4.79 Å². The van der Waals surface area contributed by atoms with Crippen LogP contribution in [0.5, 0.6) is 0 Å². The highest BCUT2D eigenvalue weighted by Gasteiger charge is 2.08. The number of anilines is 2. The summed E-state index contributed by atoms with van der Waals surface area (Å²) in [6.07, 6.45) is 3.37. The Labute approximate surface area is 147 Å². The molecule has 0 radical (unpaired) electrons. The number of pyridine rings is 1. The molecule has 0 fully saturated rings. The van der Waals surface area contributed by atoms with E-state index in [1.807, 2.05) is 36.4 Å². The SMILES string of the molecule is O=C(NCc1ccncc1)c1ccc(Nc2ccc(Br)cc2)nn1. The van der Waals surface area contributed by atoms with E-state index in [1.165, 1.54) is 0 Å². The Balaban J connectivity index is 1.59. The number of aromatic nitrogens is 3. The second kappa shape index (κ2) is 7.65. The summed E-state index contributed by atoms with van der Waals surface area (Å²) < 4.78 is 1.00. The maximum Gasteiger partial charge on any atom is 0.272 e. The molecule has 3 aromatic rings. The fraction of sp³-hybridized carbons (Fsp3) is 0.0588. The number of nitrogens with zero attached hydrogens (tertiary/aromatic N) is 3. The Bertz CT molecular complexity index is 807. The topological polar surface area (TPSA) is 79.8 Å². The fourth-order valence-corrected chi connectivity index (χ4v) is 2.24. The number of carbonyl (C=O) groups is 1. The Hall–Kier alpha value is -2.80. The zero-order valence-corrected chi connectivity index (χ0v) is 14.2. The number of nitrogens with one attached hydrogen (secondary N) is 2. The van der Waals surface area contributed by atoms with Crippen LogP contribution in [0.3, 0.4) is 0 Å². The third-order valence-electron chi connectivity index (χ3n) is 3.22. The van der Waals surface area contributed by atoms with Gasteiger partial charge in [-0.25, -0.2) is 0 Å². The highest BCUT2D eigenvalue weighted by atomic mass is 79.9. The molecule has 0 spiro atoms. The fourth-order valence-electron chi connectivity index (χ4n) is 1.97. The minimum atomic E-state index is -0.269. The van der Waals surface area contributed by atoms with Gasteiger partial charge in [-0.1, -0.05) is 15.9 Å². The lowest BCUT2D eigenvalue weighted by molar-refractivity contribution is 0.0945. The molecule has 0 atom stereocenters. The molecule has 0 saturated heterocycles. The predicted molar refractivity (Wildman–Crippen MR) is 94.9 cm³/mol. The Morgan fingerprint density at radius 1 is 0.958 bits per heavy atom. The highest BCUT2D eigenvalue weighted by Crippen LogP contribution is 2.17. The summed E-state index contributed by atoms with van der Waals surface area (Å²) >= 11 is 3.38. The van der Waals surface area contributed by atoms with Gasteiger partial charge in [0, 0.05) is 29.1 Å². The van der Waals surface area contributed by atoms with Gasteiger partial charge in [0.05, 0.1) is 0 Å². The molecule has 0 aliphatic heterocycles. The predicted octanol–water partition coefficient (Wildman–Crippen LogP) is 3.31. The Kier molecular flexibility index (Phi) is 5.12. The number of benzene rings is 1. The van der Waals surface area contributed by atoms with E-state index in [0.717, 1.165) is 15.7 Å². The summed E-state index contributed by atoms with van der Waals surface area (Å²) in [7, 11) is 0. The zero-order valence-electron chi connectivity index (χ0n) is 12.6. The Morgan fingerprint density at radius 2 is 1.71 bits per heavy atom. The van der Waals surface area contributed by atoms with E-state index < -0.39 is 0 Å². The molecule has 2 heterocycles. The summed E-state index contributed by atoms with van der Waals surface area (Å²) in [6.45, 7) is 0.419. The number of amides is 1. The molecule has 120 valence electrons. The second-order valence-electron chi connectivity index (χ2n) is 4.97. The first kappa shape index (κ1) is 16.1. The van der Waals surface area contributed by atoms with Gasteiger partial charge in [0.25, 0.3) is 5.91 Å². The molecular weight excluding hydrogens is 370 g/mol. The van der Waals surface area contributed by atoms with Gasteiger partial charge in [0.1, 0.15) is 0 Å². The summed E-state index contributed by atoms with van der Waals surface area (Å²) in [5, 5.41) is 13.9. The van der Waals surface area contributed by atoms with Gasteiger partial charge < -0.3 is 10.6 Å². The number of carbonyl (C=O) groups excluding carboxylic acids is 1. The molecule has 0 bridgehead atoms. The van der Waals surface area contributed by atoms with Gasteiger partial charge in [0.2, 0.25) is 0 Å². The average molecular weight is 384 g/mol. The van der Waals surface area contributed by atoms with Crippen LogP contribution < -0.4 is 10.6 Å². The normalized spacial score (nSPS) is 10.2. The second-order valence-corrected chi connectivity index (χ2v) is 5.89. The first-order chi connectivity index (χ1) is 11.7. The standard InChI is InChI=1S/C17H14BrN5O/c18-13-1-3-14(4-2-13)21-16-6-5-15(22-23-16)17(24)20-11-12-7-9-19-10-8-12/h1-10H,11H2,(H,20,24)(H,21,23). The summed E-state index contributed by atoms with van der Waals surface area (Å²) in [4.78, 5) is 16.0. The summed E-state index contributed by atoms with van der Waals surface area (Å²) in [5.74, 6) is 0.303. The molecule has 0 aliphatic rings. The minimum Gasteiger partial charge on any atom is -0.347 e. The van der Waals surface area contributed by atoms with E-state index in [9.17, 15) is 4.79 Å². The van der Waals surface area contributed by atoms with Crippen LogP contribution in [0.15, 0.2) is 65.4 Å². The van der Waals surface area contributed by atoms with Crippen LogP contribution in [0.1, 0.15) is 16.1 Å². The monoisotopic (exact) mass is 383 g/mol. The molecule has 0 unspecified atom stereocenters. The van der Waals surface area contributed by atoms with Crippen LogP contribution in [0, 0.1) is 0 Å². The number of hydrogen-bond donors (Lipinski definition) is 2. The zero-order chi connectivity index (χ0) is 16.8. The minimum absolute atomic E-state index is 0.269. The first-order valence-electron chi connectivity index (χ1n) is 7.24. The average Bonchev–Trinajstić information content (AvgIpc) is 2.63. The van der Waals surface area contributed by atoms with Crippen molar-refractivity contribution >= 4 is 33.3 Å². The van der Waals surface area contributed by atoms with Crippen molar-refractivity contribution in [3.05, 3.63) is 76.7 Å². The van der Waals surface area contributed by atoms with Gasteiger partial charge in [-0.05, 0) is 54.1 Å². The lowest BCUT2D eigenvalue weighted by Gasteiger charge is -2.06. The van der Waals surface area contributed by atoms with Crippen LogP contribution in [0.4, 0.5) is 11.5 Å². The van der Waals surface area contributed by atoms with Crippen molar-refractivity contribution in [2.75, 3.05) is 5.32 Å². The van der Waals surface area contributed by atoms with Crippen LogP contribution in [-0.2, 0) is 6.54 Å². The van der Waals surface area contributed by atoms with E-state index in [-0.39, 0.29) is 11.6 Å². The summed E-state index contributed by atoms with van der Waals surface area (Å²) in [6, 6.07) is 14.7. The van der Waals surface area contributed by atoms with Crippen LogP contribution >= 0.6 is 15.9 Å². The molecule has 1 amide bonds. The maximum absolute atomic E-state index is 12.1. The lowest BCUT2D eigenvalue weighted by Crippen LogP contribution is -2.24. The van der Waals surface area contributed by atoms with Gasteiger partial charge >= 0.3 is 0 Å². The van der Waals surface area contributed by atoms with Gasteiger partial charge in [0.15, 0.2) is 11.5 Å². The highest BCUT2D eigenvalue weighted by molar-refractivity contribution is 9.10. The molecule has 1 aromatic carbocycles. The van der Waals surface area contributed by atoms with E-state index in [0.29, 0.717) is 12.4 Å². The van der Waals surface area contributed by atoms with Crippen LogP contribution in [0.2, 0.25) is 0 Å². The van der Waals surface area contributed by atoms with Gasteiger partial charge in [-0.3, -0.25) is 9.78 Å². The molecule has 3 rings (SSSR count). The number of rotatable bonds is 5. The van der Waals surface area contributed by atoms with Crippen molar-refractivity contribution in [3.8, 4) is 0 Å². The van der Waals surface area contributed by atoms with Gasteiger partial charge in [-0.2, -0.15) is 0 Å². The van der Waals surface area contributed by atoms with E-state index in [1.54, 1.807) is 24.5 Å². The van der Waals surface area contributed by atoms with Crippen LogP contribution in [-0.4, -0.2) is 21.1 Å².